The van der Waals surface area contributed by atoms with Gasteiger partial charge in [0.1, 0.15) is 6.10 Å². The number of nitrogens with one attached hydrogen (secondary N) is 2. The van der Waals surface area contributed by atoms with E-state index < -0.39 is 10.0 Å². The number of sulfonamides is 1. The van der Waals surface area contributed by atoms with Crippen molar-refractivity contribution in [1.82, 2.24) is 14.9 Å². The van der Waals surface area contributed by atoms with Gasteiger partial charge in [0.25, 0.3) is 0 Å². The Morgan fingerprint density at radius 3 is 2.66 bits per heavy atom. The van der Waals surface area contributed by atoms with Crippen LogP contribution in [0.15, 0.2) is 34.2 Å². The van der Waals surface area contributed by atoms with E-state index in [1.165, 1.54) is 0 Å². The molecule has 3 rings (SSSR count). The molecule has 2 saturated heterocycles. The molecule has 9 heteroatoms. The summed E-state index contributed by atoms with van der Waals surface area (Å²) >= 11 is 0. The second-order valence-electron chi connectivity index (χ2n) is 7.35. The van der Waals surface area contributed by atoms with Crippen LogP contribution in [-0.2, 0) is 19.5 Å². The van der Waals surface area contributed by atoms with E-state index in [9.17, 15) is 8.42 Å². The summed E-state index contributed by atoms with van der Waals surface area (Å²) < 4.78 is 39.1. The Morgan fingerprint density at radius 2 is 1.97 bits per heavy atom. The summed E-state index contributed by atoms with van der Waals surface area (Å²) in [5.41, 5.74) is 1.02. The van der Waals surface area contributed by atoms with Crippen LogP contribution in [0.4, 0.5) is 0 Å². The highest BCUT2D eigenvalue weighted by molar-refractivity contribution is 7.89. The van der Waals surface area contributed by atoms with Crippen molar-refractivity contribution in [2.75, 3.05) is 45.9 Å². The number of rotatable bonds is 7. The highest BCUT2D eigenvalue weighted by atomic mass is 32.2. The van der Waals surface area contributed by atoms with Gasteiger partial charge in [0.15, 0.2) is 5.96 Å². The van der Waals surface area contributed by atoms with Crippen LogP contribution in [0, 0.1) is 6.92 Å². The minimum absolute atomic E-state index is 0.0511. The number of benzene rings is 1. The Kier molecular flexibility index (Phi) is 7.88. The maximum Gasteiger partial charge on any atom is 0.240 e. The van der Waals surface area contributed by atoms with Crippen LogP contribution in [0.5, 0.6) is 0 Å². The van der Waals surface area contributed by atoms with Gasteiger partial charge in [-0.25, -0.2) is 13.1 Å². The molecule has 0 radical (unpaired) electrons. The molecule has 1 aromatic rings. The number of aliphatic imine (C=N–C) groups is 1. The predicted octanol–water partition coefficient (Wildman–Crippen LogP) is 1.12. The van der Waals surface area contributed by atoms with Gasteiger partial charge in [0, 0.05) is 32.8 Å². The lowest BCUT2D eigenvalue weighted by molar-refractivity contribution is -0.0817. The van der Waals surface area contributed by atoms with Crippen molar-refractivity contribution in [3.8, 4) is 0 Å². The standard InChI is InChI=1S/C20H32N4O4S/c1-3-21-20(24-12-14-28-19(15-24)18-5-4-13-27-18)22-10-11-23-29(25,26)17-8-6-16(2)7-9-17/h6-9,18-19,23H,3-5,10-15H2,1-2H3,(H,21,22). The van der Waals surface area contributed by atoms with E-state index >= 15 is 0 Å². The Bertz CT molecular complexity index is 776. The zero-order valence-electron chi connectivity index (χ0n) is 17.3. The van der Waals surface area contributed by atoms with Gasteiger partial charge in [-0.05, 0) is 38.8 Å². The first-order valence-electron chi connectivity index (χ1n) is 10.3. The molecule has 2 heterocycles. The molecule has 8 nitrogen and oxygen atoms in total. The van der Waals surface area contributed by atoms with Gasteiger partial charge in [0.05, 0.1) is 24.2 Å². The molecule has 0 aromatic heterocycles. The van der Waals surface area contributed by atoms with Gasteiger partial charge in [-0.15, -0.1) is 0 Å². The maximum absolute atomic E-state index is 12.4. The van der Waals surface area contributed by atoms with Gasteiger partial charge in [-0.3, -0.25) is 4.99 Å². The summed E-state index contributed by atoms with van der Waals surface area (Å²) in [7, 11) is -3.52. The molecule has 0 spiro atoms. The molecule has 2 atom stereocenters. The Hall–Kier alpha value is -1.68. The number of nitrogens with zero attached hydrogens (tertiary/aromatic N) is 2. The molecule has 2 fully saturated rings. The summed E-state index contributed by atoms with van der Waals surface area (Å²) in [6.07, 6.45) is 2.32. The van der Waals surface area contributed by atoms with Crippen LogP contribution < -0.4 is 10.0 Å². The molecule has 29 heavy (non-hydrogen) atoms. The van der Waals surface area contributed by atoms with Gasteiger partial charge < -0.3 is 19.7 Å². The SMILES string of the molecule is CCNC(=NCCNS(=O)(=O)c1ccc(C)cc1)N1CCOC(C2CCCO2)C1. The Morgan fingerprint density at radius 1 is 1.21 bits per heavy atom. The smallest absolute Gasteiger partial charge is 0.240 e. The topological polar surface area (TPSA) is 92.3 Å². The Balaban J connectivity index is 1.55. The number of ether oxygens (including phenoxy) is 2. The van der Waals surface area contributed by atoms with Crippen LogP contribution in [0.3, 0.4) is 0 Å². The van der Waals surface area contributed by atoms with Crippen molar-refractivity contribution in [3.63, 3.8) is 0 Å². The van der Waals surface area contributed by atoms with Crippen molar-refractivity contribution in [1.29, 1.82) is 0 Å². The van der Waals surface area contributed by atoms with E-state index in [0.717, 1.165) is 50.6 Å². The lowest BCUT2D eigenvalue weighted by Crippen LogP contribution is -2.53. The average molecular weight is 425 g/mol. The molecular weight excluding hydrogens is 392 g/mol. The molecule has 2 N–H and O–H groups in total. The lowest BCUT2D eigenvalue weighted by atomic mass is 10.1. The molecule has 0 aliphatic carbocycles. The highest BCUT2D eigenvalue weighted by Gasteiger charge is 2.32. The third-order valence-corrected chi connectivity index (χ3v) is 6.58. The summed E-state index contributed by atoms with van der Waals surface area (Å²) in [6, 6.07) is 6.81. The van der Waals surface area contributed by atoms with Gasteiger partial charge in [0.2, 0.25) is 10.0 Å². The number of hydrogen-bond acceptors (Lipinski definition) is 5. The number of hydrogen-bond donors (Lipinski definition) is 2. The lowest BCUT2D eigenvalue weighted by Gasteiger charge is -2.37. The van der Waals surface area contributed by atoms with Crippen LogP contribution in [0.1, 0.15) is 25.3 Å². The average Bonchev–Trinajstić information content (AvgIpc) is 3.26. The molecule has 0 saturated carbocycles. The normalized spacial score (nSPS) is 23.4. The van der Waals surface area contributed by atoms with Crippen molar-refractivity contribution in [2.45, 2.75) is 43.8 Å². The first kappa shape index (κ1) is 22.0. The van der Waals surface area contributed by atoms with Gasteiger partial charge in [-0.2, -0.15) is 0 Å². The minimum Gasteiger partial charge on any atom is -0.375 e. The van der Waals surface area contributed by atoms with Crippen LogP contribution in [0.25, 0.3) is 0 Å². The largest absolute Gasteiger partial charge is 0.375 e. The van der Waals surface area contributed by atoms with Crippen molar-refractivity contribution >= 4 is 16.0 Å². The van der Waals surface area contributed by atoms with E-state index in [0.29, 0.717) is 13.2 Å². The summed E-state index contributed by atoms with van der Waals surface area (Å²) in [5, 5.41) is 3.30. The van der Waals surface area contributed by atoms with E-state index in [2.05, 4.69) is 19.9 Å². The first-order chi connectivity index (χ1) is 14.0. The fraction of sp³-hybridized carbons (Fsp3) is 0.650. The van der Waals surface area contributed by atoms with Crippen molar-refractivity contribution < 1.29 is 17.9 Å². The van der Waals surface area contributed by atoms with Crippen LogP contribution in [0.2, 0.25) is 0 Å². The predicted molar refractivity (Wildman–Crippen MR) is 113 cm³/mol. The first-order valence-corrected chi connectivity index (χ1v) is 11.8. The second-order valence-corrected chi connectivity index (χ2v) is 9.12. The number of aryl methyl sites for hydroxylation is 1. The zero-order valence-corrected chi connectivity index (χ0v) is 18.1. The molecule has 162 valence electrons. The zero-order chi connectivity index (χ0) is 20.7. The summed E-state index contributed by atoms with van der Waals surface area (Å²) in [4.78, 5) is 7.06. The summed E-state index contributed by atoms with van der Waals surface area (Å²) in [5.74, 6) is 0.785. The van der Waals surface area contributed by atoms with Gasteiger partial charge >= 0.3 is 0 Å². The molecule has 2 aliphatic rings. The third kappa shape index (κ3) is 6.15. The third-order valence-electron chi connectivity index (χ3n) is 5.10. The molecule has 2 aliphatic heterocycles. The monoisotopic (exact) mass is 424 g/mol. The highest BCUT2D eigenvalue weighted by Crippen LogP contribution is 2.21. The quantitative estimate of drug-likeness (QED) is 0.387. The summed E-state index contributed by atoms with van der Waals surface area (Å²) in [6.45, 7) is 8.21. The fourth-order valence-corrected chi connectivity index (χ4v) is 4.58. The van der Waals surface area contributed by atoms with E-state index in [4.69, 9.17) is 9.47 Å². The molecule has 1 aromatic carbocycles. The van der Waals surface area contributed by atoms with E-state index in [-0.39, 0.29) is 23.6 Å². The van der Waals surface area contributed by atoms with Crippen molar-refractivity contribution in [2.24, 2.45) is 4.99 Å². The Labute approximate surface area is 173 Å². The van der Waals surface area contributed by atoms with Crippen LogP contribution in [-0.4, -0.2) is 77.4 Å². The number of morpholine rings is 1. The molecular formula is C20H32N4O4S. The van der Waals surface area contributed by atoms with E-state index in [1.807, 2.05) is 13.8 Å². The second kappa shape index (κ2) is 10.4. The molecule has 0 amide bonds. The molecule has 0 bridgehead atoms. The van der Waals surface area contributed by atoms with Gasteiger partial charge in [-0.1, -0.05) is 17.7 Å². The minimum atomic E-state index is -3.52. The fourth-order valence-electron chi connectivity index (χ4n) is 3.56. The molecule has 2 unspecified atom stereocenters. The van der Waals surface area contributed by atoms with Crippen molar-refractivity contribution in [3.05, 3.63) is 29.8 Å². The van der Waals surface area contributed by atoms with E-state index in [1.54, 1.807) is 24.3 Å². The number of guanidine groups is 1. The van der Waals surface area contributed by atoms with Crippen LogP contribution >= 0.6 is 0 Å². The maximum atomic E-state index is 12.4.